The van der Waals surface area contributed by atoms with Gasteiger partial charge in [-0.3, -0.25) is 14.1 Å². The first-order chi connectivity index (χ1) is 13.5. The molecule has 7 nitrogen and oxygen atoms in total. The molecule has 0 aliphatic carbocycles. The molecule has 0 bridgehead atoms. The minimum absolute atomic E-state index is 0.0722. The third-order valence-corrected chi connectivity index (χ3v) is 5.69. The highest BCUT2D eigenvalue weighted by molar-refractivity contribution is 7.15. The van der Waals surface area contributed by atoms with E-state index in [2.05, 4.69) is 25.2 Å². The Morgan fingerprint density at radius 3 is 3.07 bits per heavy atom. The fraction of sp³-hybridized carbons (Fsp3) is 0.444. The summed E-state index contributed by atoms with van der Waals surface area (Å²) >= 11 is 1.45. The molecule has 0 aromatic carbocycles. The molecule has 0 saturated carbocycles. The van der Waals surface area contributed by atoms with E-state index in [-0.39, 0.29) is 17.5 Å². The number of likely N-dealkylation sites (tertiary alicyclic amines) is 1. The van der Waals surface area contributed by atoms with Crippen molar-refractivity contribution in [3.05, 3.63) is 40.9 Å². The number of hydrogen-bond donors (Lipinski definition) is 1. The molecule has 0 spiro atoms. The smallest absolute Gasteiger partial charge is 0.278 e. The summed E-state index contributed by atoms with van der Waals surface area (Å²) in [7, 11) is 0. The molecule has 1 atom stereocenters. The van der Waals surface area contributed by atoms with E-state index in [1.54, 1.807) is 6.20 Å². The van der Waals surface area contributed by atoms with Crippen LogP contribution in [0.25, 0.3) is 5.78 Å². The van der Waals surface area contributed by atoms with Gasteiger partial charge in [0.25, 0.3) is 6.43 Å². The lowest BCUT2D eigenvalue weighted by molar-refractivity contribution is -0.114. The predicted molar refractivity (Wildman–Crippen MR) is 102 cm³/mol. The van der Waals surface area contributed by atoms with Crippen LogP contribution in [0.5, 0.6) is 0 Å². The summed E-state index contributed by atoms with van der Waals surface area (Å²) < 4.78 is 28.3. The van der Waals surface area contributed by atoms with E-state index in [9.17, 15) is 13.6 Å². The summed E-state index contributed by atoms with van der Waals surface area (Å²) in [6, 6.07) is 1.51. The molecule has 28 heavy (non-hydrogen) atoms. The Hall–Kier alpha value is -2.46. The number of amides is 1. The molecule has 3 aromatic rings. The van der Waals surface area contributed by atoms with Crippen molar-refractivity contribution in [2.45, 2.75) is 38.7 Å². The van der Waals surface area contributed by atoms with Crippen molar-refractivity contribution >= 4 is 28.2 Å². The van der Waals surface area contributed by atoms with Crippen LogP contribution in [-0.4, -0.2) is 43.2 Å². The van der Waals surface area contributed by atoms with Crippen LogP contribution in [0.15, 0.2) is 24.7 Å². The minimum atomic E-state index is -2.58. The van der Waals surface area contributed by atoms with Crippen molar-refractivity contribution in [1.29, 1.82) is 0 Å². The summed E-state index contributed by atoms with van der Waals surface area (Å²) in [6.07, 6.45) is 4.06. The second-order valence-electron chi connectivity index (χ2n) is 6.89. The molecule has 4 rings (SSSR count). The fourth-order valence-corrected chi connectivity index (χ4v) is 4.48. The van der Waals surface area contributed by atoms with Crippen LogP contribution in [0.3, 0.4) is 0 Å². The molecule has 1 aliphatic rings. The van der Waals surface area contributed by atoms with Gasteiger partial charge < -0.3 is 5.32 Å². The molecular formula is C18H20F2N6OS. The van der Waals surface area contributed by atoms with Crippen molar-refractivity contribution in [3.8, 4) is 0 Å². The number of carbonyl (C=O) groups excluding carboxylic acids is 1. The van der Waals surface area contributed by atoms with Gasteiger partial charge >= 0.3 is 0 Å². The monoisotopic (exact) mass is 406 g/mol. The van der Waals surface area contributed by atoms with E-state index in [4.69, 9.17) is 0 Å². The van der Waals surface area contributed by atoms with E-state index in [0.717, 1.165) is 30.8 Å². The number of aromatic nitrogens is 4. The van der Waals surface area contributed by atoms with Crippen LogP contribution in [0.2, 0.25) is 0 Å². The average Bonchev–Trinajstić information content (AvgIpc) is 3.29. The van der Waals surface area contributed by atoms with Crippen molar-refractivity contribution in [3.63, 3.8) is 0 Å². The molecule has 1 amide bonds. The topological polar surface area (TPSA) is 75.4 Å². The van der Waals surface area contributed by atoms with Crippen LogP contribution in [0.4, 0.5) is 13.9 Å². The second-order valence-corrected chi connectivity index (χ2v) is 8.01. The van der Waals surface area contributed by atoms with Gasteiger partial charge in [0.05, 0.1) is 11.4 Å². The first-order valence-electron chi connectivity index (χ1n) is 9.06. The van der Waals surface area contributed by atoms with Gasteiger partial charge in [-0.1, -0.05) is 0 Å². The molecule has 1 N–H and O–H groups in total. The van der Waals surface area contributed by atoms with E-state index in [0.29, 0.717) is 23.1 Å². The van der Waals surface area contributed by atoms with Crippen LogP contribution in [-0.2, 0) is 11.3 Å². The molecule has 148 valence electrons. The lowest BCUT2D eigenvalue weighted by atomic mass is 9.94. The van der Waals surface area contributed by atoms with Crippen LogP contribution in [0.1, 0.15) is 48.4 Å². The molecule has 0 radical (unpaired) electrons. The van der Waals surface area contributed by atoms with E-state index in [1.807, 2.05) is 0 Å². The van der Waals surface area contributed by atoms with Gasteiger partial charge in [-0.05, 0) is 25.5 Å². The largest absolute Gasteiger partial charge is 0.302 e. The Balaban J connectivity index is 1.50. The molecule has 10 heteroatoms. The number of halogens is 2. The lowest BCUT2D eigenvalue weighted by Gasteiger charge is -2.32. The Morgan fingerprint density at radius 1 is 1.43 bits per heavy atom. The van der Waals surface area contributed by atoms with Crippen molar-refractivity contribution in [2.24, 2.45) is 0 Å². The van der Waals surface area contributed by atoms with Gasteiger partial charge in [0.2, 0.25) is 11.7 Å². The summed E-state index contributed by atoms with van der Waals surface area (Å²) in [5.74, 6) is 0.247. The van der Waals surface area contributed by atoms with Gasteiger partial charge in [-0.25, -0.2) is 23.7 Å². The molecule has 1 aliphatic heterocycles. The van der Waals surface area contributed by atoms with E-state index in [1.165, 1.54) is 41.1 Å². The van der Waals surface area contributed by atoms with Crippen LogP contribution >= 0.6 is 11.3 Å². The second kappa shape index (κ2) is 7.88. The van der Waals surface area contributed by atoms with Crippen molar-refractivity contribution in [2.75, 3.05) is 18.4 Å². The first kappa shape index (κ1) is 18.9. The van der Waals surface area contributed by atoms with Crippen molar-refractivity contribution < 1.29 is 13.6 Å². The Bertz CT molecular complexity index is 988. The number of carbonyl (C=O) groups is 1. The Morgan fingerprint density at radius 2 is 2.29 bits per heavy atom. The van der Waals surface area contributed by atoms with E-state index < -0.39 is 6.43 Å². The molecule has 1 unspecified atom stereocenters. The third-order valence-electron chi connectivity index (χ3n) is 4.79. The minimum Gasteiger partial charge on any atom is -0.302 e. The number of fused-ring (bicyclic) bond motifs is 1. The molecular weight excluding hydrogens is 386 g/mol. The summed E-state index contributed by atoms with van der Waals surface area (Å²) in [6.45, 7) is 3.83. The zero-order chi connectivity index (χ0) is 19.7. The normalized spacial score (nSPS) is 18.1. The summed E-state index contributed by atoms with van der Waals surface area (Å²) in [5, 5.41) is 3.28. The highest BCUT2D eigenvalue weighted by Crippen LogP contribution is 2.30. The summed E-state index contributed by atoms with van der Waals surface area (Å²) in [4.78, 5) is 27.3. The zero-order valence-electron chi connectivity index (χ0n) is 15.3. The van der Waals surface area contributed by atoms with E-state index >= 15 is 0 Å². The third kappa shape index (κ3) is 4.02. The van der Waals surface area contributed by atoms with Gasteiger partial charge in [0.1, 0.15) is 0 Å². The number of anilines is 1. The highest BCUT2D eigenvalue weighted by Gasteiger charge is 2.25. The molecule has 1 saturated heterocycles. The molecule has 3 aromatic heterocycles. The zero-order valence-corrected chi connectivity index (χ0v) is 16.1. The van der Waals surface area contributed by atoms with Crippen molar-refractivity contribution in [1.82, 2.24) is 24.3 Å². The predicted octanol–water partition coefficient (Wildman–Crippen LogP) is 3.46. The van der Waals surface area contributed by atoms with Gasteiger partial charge in [-0.15, -0.1) is 11.3 Å². The maximum Gasteiger partial charge on any atom is 0.278 e. The highest BCUT2D eigenvalue weighted by atomic mass is 32.1. The standard InChI is InChI=1S/C18H20F2N6OS/c1-11(27)23-18-22-8-13(28-18)10-25-5-2-3-12(9-25)14-7-15(16(19)20)26-6-4-21-17(26)24-14/h4,6-8,12,16H,2-3,5,9-10H2,1H3,(H,22,23,27). The molecule has 1 fully saturated rings. The number of rotatable bonds is 5. The van der Waals surface area contributed by atoms with Gasteiger partial charge in [-0.2, -0.15) is 0 Å². The quantitative estimate of drug-likeness (QED) is 0.702. The Kier molecular flexibility index (Phi) is 5.31. The maximum absolute atomic E-state index is 13.5. The fourth-order valence-electron chi connectivity index (χ4n) is 3.58. The van der Waals surface area contributed by atoms with Gasteiger partial charge in [0.15, 0.2) is 5.13 Å². The SMILES string of the molecule is CC(=O)Nc1ncc(CN2CCCC(c3cc(C(F)F)n4ccnc4n3)C2)s1. The number of imidazole rings is 1. The maximum atomic E-state index is 13.5. The number of nitrogens with zero attached hydrogens (tertiary/aromatic N) is 5. The average molecular weight is 406 g/mol. The number of piperidine rings is 1. The number of thiazole rings is 1. The number of nitrogens with one attached hydrogen (secondary N) is 1. The number of alkyl halides is 2. The van der Waals surface area contributed by atoms with Crippen LogP contribution < -0.4 is 5.32 Å². The first-order valence-corrected chi connectivity index (χ1v) is 9.88. The Labute approximate surface area is 164 Å². The lowest BCUT2D eigenvalue weighted by Crippen LogP contribution is -2.34. The molecule has 4 heterocycles. The van der Waals surface area contributed by atoms with Gasteiger partial charge in [0, 0.05) is 49.4 Å². The number of hydrogen-bond acceptors (Lipinski definition) is 6. The van der Waals surface area contributed by atoms with Crippen LogP contribution in [0, 0.1) is 0 Å². The summed E-state index contributed by atoms with van der Waals surface area (Å²) in [5.41, 5.74) is 0.596.